The van der Waals surface area contributed by atoms with Gasteiger partial charge in [-0.05, 0) is 20.8 Å². The van der Waals surface area contributed by atoms with Crippen molar-refractivity contribution in [1.29, 1.82) is 0 Å². The molecule has 1 heterocycles. The molecule has 0 bridgehead atoms. The maximum Gasteiger partial charge on any atom is 0.194 e. The lowest BCUT2D eigenvalue weighted by Gasteiger charge is -2.62. The highest BCUT2D eigenvalue weighted by atomic mass is 127. The SMILES string of the molecule is C=CCN=C(NCC)N1CC(C)(C)C1(C)C.I. The van der Waals surface area contributed by atoms with Crippen LogP contribution in [-0.2, 0) is 0 Å². The van der Waals surface area contributed by atoms with Gasteiger partial charge >= 0.3 is 0 Å². The molecule has 0 unspecified atom stereocenters. The second-order valence-electron chi connectivity index (χ2n) is 5.51. The van der Waals surface area contributed by atoms with E-state index in [2.05, 4.69) is 56.4 Å². The van der Waals surface area contributed by atoms with Crippen LogP contribution in [0.1, 0.15) is 34.6 Å². The second-order valence-corrected chi connectivity index (χ2v) is 5.51. The molecule has 0 spiro atoms. The fourth-order valence-corrected chi connectivity index (χ4v) is 1.95. The minimum atomic E-state index is 0. The van der Waals surface area contributed by atoms with Gasteiger partial charge in [-0.3, -0.25) is 0 Å². The summed E-state index contributed by atoms with van der Waals surface area (Å²) < 4.78 is 0. The molecule has 0 atom stereocenters. The number of halogens is 1. The van der Waals surface area contributed by atoms with Crippen LogP contribution >= 0.6 is 24.0 Å². The average molecular weight is 351 g/mol. The van der Waals surface area contributed by atoms with Crippen LogP contribution < -0.4 is 5.32 Å². The number of nitrogens with zero attached hydrogens (tertiary/aromatic N) is 2. The van der Waals surface area contributed by atoms with E-state index < -0.39 is 0 Å². The predicted octanol–water partition coefficient (Wildman–Crippen LogP) is 2.88. The Hall–Kier alpha value is -0.260. The van der Waals surface area contributed by atoms with Gasteiger partial charge in [-0.2, -0.15) is 0 Å². The minimum absolute atomic E-state index is 0. The molecule has 0 radical (unpaired) electrons. The largest absolute Gasteiger partial charge is 0.356 e. The van der Waals surface area contributed by atoms with Gasteiger partial charge in [-0.25, -0.2) is 4.99 Å². The third kappa shape index (κ3) is 3.14. The summed E-state index contributed by atoms with van der Waals surface area (Å²) in [6, 6.07) is 0. The first-order valence-corrected chi connectivity index (χ1v) is 6.03. The van der Waals surface area contributed by atoms with Gasteiger partial charge in [0.25, 0.3) is 0 Å². The van der Waals surface area contributed by atoms with Crippen LogP contribution in [0.4, 0.5) is 0 Å². The van der Waals surface area contributed by atoms with Crippen LogP contribution in [0.2, 0.25) is 0 Å². The number of aliphatic imine (C=N–C) groups is 1. The summed E-state index contributed by atoms with van der Waals surface area (Å²) in [4.78, 5) is 6.88. The third-order valence-corrected chi connectivity index (χ3v) is 3.85. The summed E-state index contributed by atoms with van der Waals surface area (Å²) in [5.74, 6) is 1.01. The van der Waals surface area contributed by atoms with Gasteiger partial charge in [0.15, 0.2) is 5.96 Å². The van der Waals surface area contributed by atoms with Gasteiger partial charge in [-0.1, -0.05) is 19.9 Å². The number of guanidine groups is 1. The number of nitrogens with one attached hydrogen (secondary N) is 1. The van der Waals surface area contributed by atoms with Crippen molar-refractivity contribution in [3.63, 3.8) is 0 Å². The average Bonchev–Trinajstić information content (AvgIpc) is 2.21. The maximum absolute atomic E-state index is 4.53. The molecular weight excluding hydrogens is 325 g/mol. The molecule has 17 heavy (non-hydrogen) atoms. The van der Waals surface area contributed by atoms with Gasteiger partial charge < -0.3 is 10.2 Å². The number of rotatable bonds is 3. The van der Waals surface area contributed by atoms with Gasteiger partial charge in [0.05, 0.1) is 6.54 Å². The molecule has 1 aliphatic rings. The molecule has 0 aromatic heterocycles. The van der Waals surface area contributed by atoms with Crippen LogP contribution in [0.5, 0.6) is 0 Å². The lowest BCUT2D eigenvalue weighted by molar-refractivity contribution is -0.0667. The highest BCUT2D eigenvalue weighted by Crippen LogP contribution is 2.46. The molecular formula is C13H26IN3. The van der Waals surface area contributed by atoms with E-state index in [9.17, 15) is 0 Å². The van der Waals surface area contributed by atoms with Crippen LogP contribution in [0.15, 0.2) is 17.6 Å². The highest BCUT2D eigenvalue weighted by molar-refractivity contribution is 14.0. The molecule has 3 nitrogen and oxygen atoms in total. The van der Waals surface area contributed by atoms with E-state index in [4.69, 9.17) is 0 Å². The normalized spacial score (nSPS) is 21.2. The smallest absolute Gasteiger partial charge is 0.194 e. The molecule has 1 saturated heterocycles. The van der Waals surface area contributed by atoms with Gasteiger partial charge in [0, 0.05) is 24.0 Å². The zero-order valence-electron chi connectivity index (χ0n) is 11.7. The van der Waals surface area contributed by atoms with E-state index in [1.165, 1.54) is 0 Å². The topological polar surface area (TPSA) is 27.6 Å². The Balaban J connectivity index is 0.00000256. The molecule has 1 rings (SSSR count). The lowest BCUT2D eigenvalue weighted by atomic mass is 9.65. The molecule has 0 aliphatic carbocycles. The lowest BCUT2D eigenvalue weighted by Crippen LogP contribution is -2.72. The van der Waals surface area contributed by atoms with E-state index in [0.29, 0.717) is 12.0 Å². The van der Waals surface area contributed by atoms with Gasteiger partial charge in [-0.15, -0.1) is 30.6 Å². The van der Waals surface area contributed by atoms with E-state index in [1.807, 2.05) is 6.08 Å². The Labute approximate surface area is 123 Å². The molecule has 1 aliphatic heterocycles. The van der Waals surface area contributed by atoms with Crippen molar-refractivity contribution < 1.29 is 0 Å². The van der Waals surface area contributed by atoms with E-state index >= 15 is 0 Å². The number of hydrogen-bond donors (Lipinski definition) is 1. The van der Waals surface area contributed by atoms with Crippen LogP contribution in [-0.4, -0.2) is 36.0 Å². The summed E-state index contributed by atoms with van der Waals surface area (Å²) in [5, 5.41) is 3.34. The van der Waals surface area contributed by atoms with Gasteiger partial charge in [0.2, 0.25) is 0 Å². The van der Waals surface area contributed by atoms with Crippen LogP contribution in [0.3, 0.4) is 0 Å². The zero-order valence-corrected chi connectivity index (χ0v) is 14.0. The predicted molar refractivity (Wildman–Crippen MR) is 86.2 cm³/mol. The van der Waals surface area contributed by atoms with Crippen LogP contribution in [0, 0.1) is 5.41 Å². The van der Waals surface area contributed by atoms with Crippen molar-refractivity contribution >= 4 is 29.9 Å². The summed E-state index contributed by atoms with van der Waals surface area (Å²) in [5.41, 5.74) is 0.506. The van der Waals surface area contributed by atoms with Crippen molar-refractivity contribution in [1.82, 2.24) is 10.2 Å². The Morgan fingerprint density at radius 1 is 1.41 bits per heavy atom. The standard InChI is InChI=1S/C13H25N3.HI/c1-7-9-15-11(14-8-2)16-10-12(3,4)13(16,5)6;/h7H,1,8-10H2,2-6H3,(H,14,15);1H. The zero-order chi connectivity index (χ0) is 12.4. The second kappa shape index (κ2) is 6.07. The first-order chi connectivity index (χ1) is 7.36. The summed E-state index contributed by atoms with van der Waals surface area (Å²) in [6.07, 6.45) is 1.83. The quantitative estimate of drug-likeness (QED) is 0.367. The monoisotopic (exact) mass is 351 g/mol. The summed E-state index contributed by atoms with van der Waals surface area (Å²) in [6.45, 7) is 17.6. The number of hydrogen-bond acceptors (Lipinski definition) is 1. The third-order valence-electron chi connectivity index (χ3n) is 3.85. The summed E-state index contributed by atoms with van der Waals surface area (Å²) >= 11 is 0. The summed E-state index contributed by atoms with van der Waals surface area (Å²) in [7, 11) is 0. The first kappa shape index (κ1) is 16.7. The highest BCUT2D eigenvalue weighted by Gasteiger charge is 2.53. The van der Waals surface area contributed by atoms with Crippen molar-refractivity contribution in [3.05, 3.63) is 12.7 Å². The molecule has 0 aromatic carbocycles. The minimum Gasteiger partial charge on any atom is -0.356 e. The molecule has 4 heteroatoms. The van der Waals surface area contributed by atoms with Crippen molar-refractivity contribution in [2.24, 2.45) is 10.4 Å². The van der Waals surface area contributed by atoms with Gasteiger partial charge in [0.1, 0.15) is 0 Å². The van der Waals surface area contributed by atoms with Crippen molar-refractivity contribution in [2.45, 2.75) is 40.2 Å². The molecule has 0 saturated carbocycles. The molecule has 1 N–H and O–H groups in total. The molecule has 100 valence electrons. The Kier molecular flexibility index (Phi) is 5.98. The fourth-order valence-electron chi connectivity index (χ4n) is 1.95. The maximum atomic E-state index is 4.53. The van der Waals surface area contributed by atoms with Crippen molar-refractivity contribution in [3.8, 4) is 0 Å². The molecule has 0 amide bonds. The van der Waals surface area contributed by atoms with E-state index in [0.717, 1.165) is 19.0 Å². The van der Waals surface area contributed by atoms with E-state index in [1.54, 1.807) is 0 Å². The van der Waals surface area contributed by atoms with E-state index in [-0.39, 0.29) is 29.5 Å². The van der Waals surface area contributed by atoms with Crippen molar-refractivity contribution in [2.75, 3.05) is 19.6 Å². The Morgan fingerprint density at radius 2 is 2.00 bits per heavy atom. The molecule has 1 fully saturated rings. The Bertz CT molecular complexity index is 295. The molecule has 0 aromatic rings. The Morgan fingerprint density at radius 3 is 2.35 bits per heavy atom. The van der Waals surface area contributed by atoms with Crippen LogP contribution in [0.25, 0.3) is 0 Å². The first-order valence-electron chi connectivity index (χ1n) is 6.03. The fraction of sp³-hybridized carbons (Fsp3) is 0.769. The number of likely N-dealkylation sites (tertiary alicyclic amines) is 1.